The third kappa shape index (κ3) is 5.27. The average molecular weight is 717 g/mol. The van der Waals surface area contributed by atoms with E-state index in [0.717, 1.165) is 61.4 Å². The molecule has 0 bridgehead atoms. The second-order valence-electron chi connectivity index (χ2n) is 13.9. The van der Waals surface area contributed by atoms with E-state index in [9.17, 15) is 0 Å². The van der Waals surface area contributed by atoms with Crippen LogP contribution >= 0.6 is 0 Å². The van der Waals surface area contributed by atoms with Crippen LogP contribution in [-0.2, 0) is 0 Å². The molecule has 0 aliphatic carbocycles. The quantitative estimate of drug-likeness (QED) is 0.172. The molecule has 0 unspecified atom stereocenters. The summed E-state index contributed by atoms with van der Waals surface area (Å²) in [5.41, 5.74) is 11.7. The van der Waals surface area contributed by atoms with Crippen molar-refractivity contribution in [2.24, 2.45) is 0 Å². The predicted molar refractivity (Wildman–Crippen MR) is 228 cm³/mol. The van der Waals surface area contributed by atoms with Gasteiger partial charge in [0.25, 0.3) is 0 Å². The lowest BCUT2D eigenvalue weighted by Crippen LogP contribution is -2.01. The summed E-state index contributed by atoms with van der Waals surface area (Å²) in [4.78, 5) is 20.7. The Morgan fingerprint density at radius 1 is 0.393 bits per heavy atom. The van der Waals surface area contributed by atoms with Gasteiger partial charge in [0.1, 0.15) is 5.69 Å². The van der Waals surface area contributed by atoms with Crippen LogP contribution in [0.2, 0.25) is 0 Å². The van der Waals surface area contributed by atoms with Gasteiger partial charge in [-0.25, -0.2) is 19.9 Å². The van der Waals surface area contributed by atoms with Crippen LogP contribution in [0.4, 0.5) is 0 Å². The Labute approximate surface area is 322 Å². The molecule has 0 amide bonds. The van der Waals surface area contributed by atoms with E-state index in [2.05, 4.69) is 149 Å². The molecule has 0 saturated heterocycles. The highest BCUT2D eigenvalue weighted by atomic mass is 15.0. The molecule has 6 heteroatoms. The average Bonchev–Trinajstić information content (AvgIpc) is 3.86. The van der Waals surface area contributed by atoms with Crippen LogP contribution in [0.1, 0.15) is 0 Å². The monoisotopic (exact) mass is 716 g/mol. The molecule has 11 aromatic rings. The summed E-state index contributed by atoms with van der Waals surface area (Å²) in [6, 6.07) is 65.1. The van der Waals surface area contributed by atoms with Crippen molar-refractivity contribution in [2.75, 3.05) is 0 Å². The minimum atomic E-state index is 0.550. The lowest BCUT2D eigenvalue weighted by atomic mass is 10.1. The van der Waals surface area contributed by atoms with Crippen LogP contribution in [0.5, 0.6) is 0 Å². The van der Waals surface area contributed by atoms with Crippen molar-refractivity contribution in [2.45, 2.75) is 0 Å². The Morgan fingerprint density at radius 2 is 1.02 bits per heavy atom. The number of nitrogens with zero attached hydrogens (tertiary/aromatic N) is 6. The van der Waals surface area contributed by atoms with Crippen molar-refractivity contribution in [1.82, 2.24) is 29.1 Å². The number of benzene rings is 7. The maximum Gasteiger partial charge on any atom is 0.180 e. The minimum Gasteiger partial charge on any atom is -0.316 e. The molecular weight excluding hydrogens is 685 g/mol. The third-order valence-electron chi connectivity index (χ3n) is 10.6. The first-order chi connectivity index (χ1) is 27.8. The van der Waals surface area contributed by atoms with Crippen molar-refractivity contribution in [1.29, 1.82) is 0 Å². The fourth-order valence-corrected chi connectivity index (χ4v) is 7.99. The zero-order valence-electron chi connectivity index (χ0n) is 30.2. The molecule has 0 atom stereocenters. The van der Waals surface area contributed by atoms with Gasteiger partial charge in [-0.2, -0.15) is 0 Å². The second-order valence-corrected chi connectivity index (χ2v) is 13.9. The molecule has 56 heavy (non-hydrogen) atoms. The fraction of sp³-hybridized carbons (Fsp3) is 0. The van der Waals surface area contributed by atoms with E-state index in [0.29, 0.717) is 17.3 Å². The Morgan fingerprint density at radius 3 is 1.77 bits per heavy atom. The Kier molecular flexibility index (Phi) is 7.38. The zero-order chi connectivity index (χ0) is 37.0. The van der Waals surface area contributed by atoms with Gasteiger partial charge in [-0.15, -0.1) is 0 Å². The lowest BCUT2D eigenvalue weighted by Gasteiger charge is -2.13. The topological polar surface area (TPSA) is 61.4 Å². The summed E-state index contributed by atoms with van der Waals surface area (Å²) in [5, 5.41) is 4.50. The van der Waals surface area contributed by atoms with Crippen molar-refractivity contribution in [3.05, 3.63) is 194 Å². The van der Waals surface area contributed by atoms with Crippen LogP contribution in [0.3, 0.4) is 0 Å². The smallest absolute Gasteiger partial charge is 0.180 e. The number of hydrogen-bond acceptors (Lipinski definition) is 4. The van der Waals surface area contributed by atoms with Crippen LogP contribution in [0.25, 0.3) is 100 Å². The van der Waals surface area contributed by atoms with E-state index in [1.165, 1.54) is 21.7 Å². The van der Waals surface area contributed by atoms with Crippen LogP contribution < -0.4 is 0 Å². The van der Waals surface area contributed by atoms with Gasteiger partial charge in [-0.1, -0.05) is 133 Å². The van der Waals surface area contributed by atoms with Gasteiger partial charge in [0.05, 0.1) is 33.5 Å². The van der Waals surface area contributed by atoms with Crippen molar-refractivity contribution in [3.63, 3.8) is 0 Å². The summed E-state index contributed by atoms with van der Waals surface area (Å²) in [6.45, 7) is 0. The SMILES string of the molecule is c1ccc(-c2cc(-c3ccccc3)nc(-c3nc(-c4cccc(-n5c6ccccc6c6c7c(ccc65)ccn7-c5ccccc5)c4)nc4ccccc34)n2)cc1. The van der Waals surface area contributed by atoms with Gasteiger partial charge >= 0.3 is 0 Å². The molecule has 4 heterocycles. The molecule has 0 saturated carbocycles. The molecule has 0 fully saturated rings. The second kappa shape index (κ2) is 13.0. The van der Waals surface area contributed by atoms with Crippen LogP contribution in [0.15, 0.2) is 194 Å². The first kappa shape index (κ1) is 31.8. The highest BCUT2D eigenvalue weighted by Gasteiger charge is 2.20. The highest BCUT2D eigenvalue weighted by molar-refractivity contribution is 6.20. The van der Waals surface area contributed by atoms with E-state index >= 15 is 0 Å². The van der Waals surface area contributed by atoms with Crippen molar-refractivity contribution in [3.8, 4) is 56.8 Å². The van der Waals surface area contributed by atoms with Crippen molar-refractivity contribution >= 4 is 43.6 Å². The van der Waals surface area contributed by atoms with Gasteiger partial charge in [-0.05, 0) is 54.6 Å². The maximum absolute atomic E-state index is 5.29. The lowest BCUT2D eigenvalue weighted by molar-refractivity contribution is 1.13. The molecular formula is C50H32N6. The molecule has 6 nitrogen and oxygen atoms in total. The van der Waals surface area contributed by atoms with Gasteiger partial charge in [0, 0.05) is 55.8 Å². The number of rotatable bonds is 6. The van der Waals surface area contributed by atoms with E-state index in [-0.39, 0.29) is 0 Å². The van der Waals surface area contributed by atoms with Gasteiger partial charge in [0.15, 0.2) is 11.6 Å². The van der Waals surface area contributed by atoms with E-state index in [1.807, 2.05) is 54.6 Å². The molecule has 0 aliphatic heterocycles. The third-order valence-corrected chi connectivity index (χ3v) is 10.6. The Hall–Kier alpha value is -7.70. The van der Waals surface area contributed by atoms with E-state index in [4.69, 9.17) is 19.9 Å². The maximum atomic E-state index is 5.29. The summed E-state index contributed by atoms with van der Waals surface area (Å²) >= 11 is 0. The normalized spacial score (nSPS) is 11.6. The van der Waals surface area contributed by atoms with Crippen LogP contribution in [0, 0.1) is 0 Å². The summed E-state index contributed by atoms with van der Waals surface area (Å²) in [7, 11) is 0. The number of para-hydroxylation sites is 3. The molecule has 0 radical (unpaired) electrons. The number of aromatic nitrogens is 6. The molecule has 262 valence electrons. The summed E-state index contributed by atoms with van der Waals surface area (Å²) in [6.07, 6.45) is 2.17. The first-order valence-corrected chi connectivity index (χ1v) is 18.7. The molecule has 4 aromatic heterocycles. The summed E-state index contributed by atoms with van der Waals surface area (Å²) < 4.78 is 4.66. The minimum absolute atomic E-state index is 0.550. The zero-order valence-corrected chi connectivity index (χ0v) is 30.2. The first-order valence-electron chi connectivity index (χ1n) is 18.7. The standard InChI is InChI=1S/C50H32N6/c1-4-15-33(16-5-1)42-32-43(34-17-6-2-7-18-34)53-50(52-42)47-39-23-10-12-25-41(39)51-49(54-47)36-19-14-22-38(31-36)56-44-26-13-11-24-40(44)46-45(56)28-27-35-29-30-55(48(35)46)37-20-8-3-9-21-37/h1-32H. The fourth-order valence-electron chi connectivity index (χ4n) is 7.99. The number of hydrogen-bond donors (Lipinski definition) is 0. The summed E-state index contributed by atoms with van der Waals surface area (Å²) in [5.74, 6) is 1.16. The van der Waals surface area contributed by atoms with Gasteiger partial charge in [-0.3, -0.25) is 0 Å². The van der Waals surface area contributed by atoms with Gasteiger partial charge < -0.3 is 9.13 Å². The Balaban J connectivity index is 1.11. The van der Waals surface area contributed by atoms with Gasteiger partial charge in [0.2, 0.25) is 0 Å². The van der Waals surface area contributed by atoms with Crippen molar-refractivity contribution < 1.29 is 0 Å². The van der Waals surface area contributed by atoms with E-state index in [1.54, 1.807) is 0 Å². The predicted octanol–water partition coefficient (Wildman–Crippen LogP) is 12.1. The molecule has 11 rings (SSSR count). The Bertz CT molecular complexity index is 3180. The largest absolute Gasteiger partial charge is 0.316 e. The van der Waals surface area contributed by atoms with E-state index < -0.39 is 0 Å². The van der Waals surface area contributed by atoms with Crippen LogP contribution in [-0.4, -0.2) is 29.1 Å². The number of fused-ring (bicyclic) bond motifs is 6. The highest BCUT2D eigenvalue weighted by Crippen LogP contribution is 2.39. The molecule has 0 N–H and O–H groups in total. The molecule has 0 spiro atoms. The molecule has 7 aromatic carbocycles. The molecule has 0 aliphatic rings.